The molecule has 1 aromatic carbocycles. The van der Waals surface area contributed by atoms with E-state index in [2.05, 4.69) is 20.6 Å². The summed E-state index contributed by atoms with van der Waals surface area (Å²) in [5, 5.41) is 10.3. The molecule has 36 heavy (non-hydrogen) atoms. The molecular formula is C19H19N9O7S. The Morgan fingerprint density at radius 2 is 1.72 bits per heavy atom. The predicted octanol–water partition coefficient (Wildman–Crippen LogP) is -2.16. The van der Waals surface area contributed by atoms with E-state index in [1.165, 1.54) is 42.9 Å². The summed E-state index contributed by atoms with van der Waals surface area (Å²) in [5.74, 6) is -0.846. The first-order valence-corrected chi connectivity index (χ1v) is 11.6. The number of sulfonamides is 1. The minimum Gasteiger partial charge on any atom is -0.325 e. The lowest BCUT2D eigenvalue weighted by atomic mass is 10.3. The molecule has 0 bridgehead atoms. The van der Waals surface area contributed by atoms with Crippen molar-refractivity contribution < 1.29 is 13.2 Å². The molecule has 0 radical (unpaired) electrons. The third-order valence-corrected chi connectivity index (χ3v) is 6.05. The summed E-state index contributed by atoms with van der Waals surface area (Å²) in [4.78, 5) is 69.9. The van der Waals surface area contributed by atoms with Gasteiger partial charge in [-0.1, -0.05) is 0 Å². The first-order chi connectivity index (χ1) is 16.8. The average molecular weight is 517 g/mol. The molecule has 0 aliphatic rings. The van der Waals surface area contributed by atoms with Gasteiger partial charge in [0.25, 0.3) is 11.1 Å². The molecule has 4 rings (SSSR count). The van der Waals surface area contributed by atoms with Crippen LogP contribution in [-0.4, -0.2) is 43.0 Å². The van der Waals surface area contributed by atoms with E-state index >= 15 is 0 Å². The van der Waals surface area contributed by atoms with Crippen LogP contribution in [0.25, 0.3) is 11.2 Å². The van der Waals surface area contributed by atoms with Crippen LogP contribution in [0.5, 0.6) is 0 Å². The smallest absolute Gasteiger partial charge is 0.325 e. The molecule has 3 aromatic heterocycles. The van der Waals surface area contributed by atoms with Crippen LogP contribution in [0.4, 0.5) is 17.5 Å². The molecule has 6 N–H and O–H groups in total. The summed E-state index contributed by atoms with van der Waals surface area (Å²) in [5.41, 5.74) is -2.83. The van der Waals surface area contributed by atoms with Gasteiger partial charge in [0.2, 0.25) is 21.9 Å². The Hall–Kier alpha value is -4.77. The van der Waals surface area contributed by atoms with E-state index in [1.54, 1.807) is 0 Å². The number of nitrogens with zero attached hydrogens (tertiary/aromatic N) is 4. The number of anilines is 3. The monoisotopic (exact) mass is 517 g/mol. The van der Waals surface area contributed by atoms with Crippen molar-refractivity contribution in [2.75, 3.05) is 10.6 Å². The maximum Gasteiger partial charge on any atom is 0.332 e. The second kappa shape index (κ2) is 8.78. The van der Waals surface area contributed by atoms with Gasteiger partial charge < -0.3 is 10.6 Å². The maximum absolute atomic E-state index is 12.9. The fourth-order valence-corrected chi connectivity index (χ4v) is 3.94. The number of primary sulfonamides is 1. The van der Waals surface area contributed by atoms with Crippen LogP contribution in [0.3, 0.4) is 0 Å². The maximum atomic E-state index is 12.9. The van der Waals surface area contributed by atoms with E-state index in [1.807, 2.05) is 4.98 Å². The highest BCUT2D eigenvalue weighted by atomic mass is 32.2. The molecule has 1 amide bonds. The zero-order chi connectivity index (χ0) is 26.4. The molecule has 0 saturated carbocycles. The molecular weight excluding hydrogens is 498 g/mol. The molecule has 0 saturated heterocycles. The van der Waals surface area contributed by atoms with Crippen molar-refractivity contribution in [3.8, 4) is 0 Å². The second-order valence-corrected chi connectivity index (χ2v) is 9.20. The van der Waals surface area contributed by atoms with Crippen LogP contribution in [0.1, 0.15) is 0 Å². The number of H-pyrrole nitrogens is 2. The van der Waals surface area contributed by atoms with Gasteiger partial charge in [0.05, 0.1) is 4.90 Å². The van der Waals surface area contributed by atoms with Gasteiger partial charge in [0.15, 0.2) is 11.2 Å². The number of hydrogen-bond acceptors (Lipinski definition) is 9. The van der Waals surface area contributed by atoms with Gasteiger partial charge in [-0.15, -0.1) is 0 Å². The van der Waals surface area contributed by atoms with E-state index in [-0.39, 0.29) is 33.5 Å². The van der Waals surface area contributed by atoms with Crippen molar-refractivity contribution in [1.29, 1.82) is 0 Å². The highest BCUT2D eigenvalue weighted by Crippen LogP contribution is 2.19. The highest BCUT2D eigenvalue weighted by Gasteiger charge is 2.21. The summed E-state index contributed by atoms with van der Waals surface area (Å²) in [7, 11) is -1.28. The van der Waals surface area contributed by atoms with Gasteiger partial charge in [-0.05, 0) is 24.3 Å². The van der Waals surface area contributed by atoms with Crippen molar-refractivity contribution in [3.05, 3.63) is 72.0 Å². The number of nitrogens with two attached hydrogens (primary N) is 1. The number of fused-ring (bicyclic) bond motifs is 1. The van der Waals surface area contributed by atoms with E-state index in [0.29, 0.717) is 0 Å². The molecule has 4 aromatic rings. The van der Waals surface area contributed by atoms with Crippen molar-refractivity contribution in [2.45, 2.75) is 11.4 Å². The number of nitrogens with one attached hydrogen (secondary N) is 4. The Bertz CT molecular complexity index is 1830. The summed E-state index contributed by atoms with van der Waals surface area (Å²) < 4.78 is 25.9. The summed E-state index contributed by atoms with van der Waals surface area (Å²) in [6.45, 7) is -0.489. The highest BCUT2D eigenvalue weighted by molar-refractivity contribution is 7.89. The minimum absolute atomic E-state index is 0.0527. The zero-order valence-electron chi connectivity index (χ0n) is 18.7. The molecule has 3 heterocycles. The summed E-state index contributed by atoms with van der Waals surface area (Å²) in [6.07, 6.45) is 0. The average Bonchev–Trinajstić information content (AvgIpc) is 3.13. The molecule has 0 fully saturated rings. The van der Waals surface area contributed by atoms with Crippen molar-refractivity contribution in [1.82, 2.24) is 28.7 Å². The van der Waals surface area contributed by atoms with Gasteiger partial charge in [0.1, 0.15) is 12.4 Å². The number of carbonyl (C=O) groups is 1. The Morgan fingerprint density at radius 3 is 2.33 bits per heavy atom. The van der Waals surface area contributed by atoms with Gasteiger partial charge in [-0.2, -0.15) is 4.98 Å². The van der Waals surface area contributed by atoms with Crippen LogP contribution in [0, 0.1) is 0 Å². The number of benzene rings is 1. The molecule has 0 aliphatic carbocycles. The van der Waals surface area contributed by atoms with E-state index in [4.69, 9.17) is 5.14 Å². The second-order valence-electron chi connectivity index (χ2n) is 7.64. The van der Waals surface area contributed by atoms with Crippen molar-refractivity contribution in [3.63, 3.8) is 0 Å². The van der Waals surface area contributed by atoms with Crippen molar-refractivity contribution >= 4 is 44.5 Å². The Kier molecular flexibility index (Phi) is 5.94. The molecule has 0 spiro atoms. The number of hydrogen-bond donors (Lipinski definition) is 5. The molecule has 188 valence electrons. The number of aryl methyl sites for hydroxylation is 1. The minimum atomic E-state index is -3.92. The van der Waals surface area contributed by atoms with Gasteiger partial charge in [-0.25, -0.2) is 23.1 Å². The fraction of sp³-hybridized carbons (Fsp3) is 0.158. The quantitative estimate of drug-likeness (QED) is 0.187. The van der Waals surface area contributed by atoms with Crippen molar-refractivity contribution in [2.24, 2.45) is 19.2 Å². The van der Waals surface area contributed by atoms with Gasteiger partial charge in [0, 0.05) is 25.8 Å². The number of carbonyl (C=O) groups excluding carboxylic acids is 1. The Morgan fingerprint density at radius 1 is 1.06 bits per heavy atom. The third-order valence-electron chi connectivity index (χ3n) is 5.12. The number of imidazole rings is 1. The van der Waals surface area contributed by atoms with Crippen LogP contribution in [-0.2, 0) is 35.5 Å². The number of amides is 1. The molecule has 16 nitrogen and oxygen atoms in total. The van der Waals surface area contributed by atoms with Gasteiger partial charge >= 0.3 is 11.4 Å². The fourth-order valence-electron chi connectivity index (χ4n) is 3.42. The summed E-state index contributed by atoms with van der Waals surface area (Å²) in [6, 6.07) is 6.09. The lowest BCUT2D eigenvalue weighted by molar-refractivity contribution is -0.116. The van der Waals surface area contributed by atoms with Crippen LogP contribution < -0.4 is 38.3 Å². The van der Waals surface area contributed by atoms with Gasteiger partial charge in [-0.3, -0.25) is 38.1 Å². The van der Waals surface area contributed by atoms with Crippen LogP contribution >= 0.6 is 0 Å². The molecule has 0 aliphatic heterocycles. The molecule has 0 atom stereocenters. The first-order valence-electron chi connectivity index (χ1n) is 10.0. The summed E-state index contributed by atoms with van der Waals surface area (Å²) >= 11 is 0. The van der Waals surface area contributed by atoms with Crippen LogP contribution in [0.15, 0.2) is 54.4 Å². The van der Waals surface area contributed by atoms with Crippen LogP contribution in [0.2, 0.25) is 0 Å². The Balaban J connectivity index is 1.77. The zero-order valence-corrected chi connectivity index (χ0v) is 19.5. The van der Waals surface area contributed by atoms with E-state index in [9.17, 15) is 32.4 Å². The Labute approximate surface area is 200 Å². The number of aromatic amines is 2. The number of aromatic nitrogens is 6. The first kappa shape index (κ1) is 24.4. The van der Waals surface area contributed by atoms with E-state index in [0.717, 1.165) is 15.2 Å². The molecule has 17 heteroatoms. The normalized spacial score (nSPS) is 11.5. The van der Waals surface area contributed by atoms with E-state index < -0.39 is 45.0 Å². The standard InChI is InChI=1S/C19H19N9O7S/c1-26-15-14(16(31)27(2)19(26)33)28(17(25-15)22-11-7-12(29)24-18(32)23-11)8-13(30)21-9-3-5-10(6-4-9)36(20,34)35/h3-7H,8H2,1-2H3,(H,21,30)(H2,20,34,35)(H3,22,23,24,25,29,32). The predicted molar refractivity (Wildman–Crippen MR) is 128 cm³/mol. The topological polar surface area (TPSA) is 229 Å². The lowest BCUT2D eigenvalue weighted by Crippen LogP contribution is -2.38. The number of rotatable bonds is 6. The molecule has 0 unspecified atom stereocenters. The SMILES string of the molecule is Cn1c(=O)c2c(nc(Nc3cc(=O)[nH]c(=O)[nH]3)n2CC(=O)Nc2ccc(S(N)(=O)=O)cc2)n(C)c1=O. The largest absolute Gasteiger partial charge is 0.332 e. The third kappa shape index (κ3) is 4.59. The lowest BCUT2D eigenvalue weighted by Gasteiger charge is -2.11.